The molecule has 0 aromatic carbocycles. The van der Waals surface area contributed by atoms with Crippen LogP contribution in [0.5, 0.6) is 0 Å². The second-order valence-electron chi connectivity index (χ2n) is 5.63. The van der Waals surface area contributed by atoms with Crippen molar-refractivity contribution in [2.45, 2.75) is 50.7 Å². The van der Waals surface area contributed by atoms with E-state index >= 15 is 0 Å². The number of rotatable bonds is 6. The molecule has 1 atom stereocenters. The highest BCUT2D eigenvalue weighted by Gasteiger charge is 2.35. The number of amides is 2. The van der Waals surface area contributed by atoms with Gasteiger partial charge < -0.3 is 20.1 Å². The van der Waals surface area contributed by atoms with Crippen molar-refractivity contribution in [3.8, 4) is 0 Å². The molecule has 0 spiro atoms. The Kier molecular flexibility index (Phi) is 4.29. The number of ether oxygens (including phenoxy) is 1. The van der Waals surface area contributed by atoms with Crippen molar-refractivity contribution in [1.29, 1.82) is 0 Å². The number of hydrogen-bond acceptors (Lipinski definition) is 3. The van der Waals surface area contributed by atoms with Crippen molar-refractivity contribution >= 4 is 12.0 Å². The van der Waals surface area contributed by atoms with Gasteiger partial charge in [-0.25, -0.2) is 4.79 Å². The van der Waals surface area contributed by atoms with Gasteiger partial charge in [-0.05, 0) is 32.6 Å². The van der Waals surface area contributed by atoms with E-state index in [0.29, 0.717) is 6.54 Å². The Labute approximate surface area is 113 Å². The Balaban J connectivity index is 1.80. The number of carbonyl (C=O) groups excluding carboxylic acids is 1. The van der Waals surface area contributed by atoms with E-state index in [9.17, 15) is 9.59 Å². The van der Waals surface area contributed by atoms with Crippen LogP contribution in [0.1, 0.15) is 39.0 Å². The third-order valence-corrected chi connectivity index (χ3v) is 3.73. The van der Waals surface area contributed by atoms with Crippen LogP contribution in [0.4, 0.5) is 4.79 Å². The molecular weight excluding hydrogens is 248 g/mol. The van der Waals surface area contributed by atoms with Gasteiger partial charge >= 0.3 is 12.0 Å². The molecule has 1 aliphatic carbocycles. The van der Waals surface area contributed by atoms with E-state index in [1.807, 2.05) is 6.92 Å². The van der Waals surface area contributed by atoms with Gasteiger partial charge in [-0.2, -0.15) is 0 Å². The van der Waals surface area contributed by atoms with Crippen LogP contribution in [0.3, 0.4) is 0 Å². The maximum atomic E-state index is 12.1. The van der Waals surface area contributed by atoms with Crippen LogP contribution in [0, 0.1) is 0 Å². The summed E-state index contributed by atoms with van der Waals surface area (Å²) in [5, 5.41) is 11.6. The van der Waals surface area contributed by atoms with E-state index in [1.165, 1.54) is 0 Å². The number of carboxylic acids is 1. The van der Waals surface area contributed by atoms with E-state index < -0.39 is 5.97 Å². The number of nitrogens with one attached hydrogen (secondary N) is 1. The van der Waals surface area contributed by atoms with Gasteiger partial charge in [-0.1, -0.05) is 0 Å². The lowest BCUT2D eigenvalue weighted by Gasteiger charge is -2.27. The van der Waals surface area contributed by atoms with Gasteiger partial charge in [0.2, 0.25) is 0 Å². The number of nitrogens with zero attached hydrogens (tertiary/aromatic N) is 1. The summed E-state index contributed by atoms with van der Waals surface area (Å²) >= 11 is 0. The number of carbonyl (C=O) groups is 2. The van der Waals surface area contributed by atoms with Crippen LogP contribution in [0.15, 0.2) is 0 Å². The average Bonchev–Trinajstić information content (AvgIpc) is 3.09. The van der Waals surface area contributed by atoms with Crippen LogP contribution in [0.25, 0.3) is 0 Å². The highest BCUT2D eigenvalue weighted by molar-refractivity contribution is 5.76. The largest absolute Gasteiger partial charge is 0.481 e. The van der Waals surface area contributed by atoms with Crippen molar-refractivity contribution in [1.82, 2.24) is 10.2 Å². The fourth-order valence-electron chi connectivity index (χ4n) is 2.39. The Morgan fingerprint density at radius 3 is 2.74 bits per heavy atom. The van der Waals surface area contributed by atoms with Gasteiger partial charge in [0, 0.05) is 25.7 Å². The zero-order valence-corrected chi connectivity index (χ0v) is 11.4. The van der Waals surface area contributed by atoms with E-state index in [4.69, 9.17) is 9.84 Å². The molecule has 2 N–H and O–H groups in total. The van der Waals surface area contributed by atoms with Crippen LogP contribution in [0.2, 0.25) is 0 Å². The van der Waals surface area contributed by atoms with E-state index in [0.717, 1.165) is 32.3 Å². The lowest BCUT2D eigenvalue weighted by atomic mass is 10.0. The summed E-state index contributed by atoms with van der Waals surface area (Å²) in [6.07, 6.45) is 3.92. The molecule has 2 rings (SSSR count). The summed E-state index contributed by atoms with van der Waals surface area (Å²) in [4.78, 5) is 24.4. The highest BCUT2D eigenvalue weighted by atomic mass is 16.5. The summed E-state index contributed by atoms with van der Waals surface area (Å²) in [6, 6.07) is 0.0529. The zero-order chi connectivity index (χ0) is 13.9. The van der Waals surface area contributed by atoms with Crippen molar-refractivity contribution in [3.63, 3.8) is 0 Å². The van der Waals surface area contributed by atoms with Crippen LogP contribution in [-0.4, -0.2) is 53.3 Å². The molecule has 0 aromatic rings. The SMILES string of the molecule is CC1(CNC(=O)N(CCC(=O)O)C2CC2)CCCO1. The van der Waals surface area contributed by atoms with E-state index in [1.54, 1.807) is 4.90 Å². The third-order valence-electron chi connectivity index (χ3n) is 3.73. The lowest BCUT2D eigenvalue weighted by Crippen LogP contribution is -2.47. The van der Waals surface area contributed by atoms with Crippen molar-refractivity contribution in [3.05, 3.63) is 0 Å². The maximum absolute atomic E-state index is 12.1. The number of aliphatic carboxylic acids is 1. The first-order valence-electron chi connectivity index (χ1n) is 6.90. The highest BCUT2D eigenvalue weighted by Crippen LogP contribution is 2.28. The minimum atomic E-state index is -0.871. The molecule has 1 saturated carbocycles. The average molecular weight is 270 g/mol. The molecule has 1 heterocycles. The Hall–Kier alpha value is -1.30. The van der Waals surface area contributed by atoms with Gasteiger partial charge in [0.25, 0.3) is 0 Å². The molecule has 1 unspecified atom stereocenters. The minimum Gasteiger partial charge on any atom is -0.481 e. The molecule has 6 nitrogen and oxygen atoms in total. The molecule has 6 heteroatoms. The molecule has 1 aliphatic heterocycles. The molecule has 0 radical (unpaired) electrons. The lowest BCUT2D eigenvalue weighted by molar-refractivity contribution is -0.137. The van der Waals surface area contributed by atoms with Crippen molar-refractivity contribution < 1.29 is 19.4 Å². The summed E-state index contributed by atoms with van der Waals surface area (Å²) < 4.78 is 5.62. The molecule has 2 amide bonds. The molecule has 2 aliphatic rings. The normalized spacial score (nSPS) is 26.2. The molecule has 2 fully saturated rings. The second-order valence-corrected chi connectivity index (χ2v) is 5.63. The first kappa shape index (κ1) is 14.1. The molecule has 0 bridgehead atoms. The summed E-state index contributed by atoms with van der Waals surface area (Å²) in [5.41, 5.74) is -0.266. The third kappa shape index (κ3) is 4.09. The summed E-state index contributed by atoms with van der Waals surface area (Å²) in [7, 11) is 0. The van der Waals surface area contributed by atoms with Crippen molar-refractivity contribution in [2.24, 2.45) is 0 Å². The monoisotopic (exact) mass is 270 g/mol. The second kappa shape index (κ2) is 5.77. The quantitative estimate of drug-likeness (QED) is 0.760. The maximum Gasteiger partial charge on any atom is 0.317 e. The topological polar surface area (TPSA) is 78.9 Å². The van der Waals surface area contributed by atoms with Gasteiger partial charge in [0.1, 0.15) is 0 Å². The predicted octanol–water partition coefficient (Wildman–Crippen LogP) is 1.20. The number of hydrogen-bond donors (Lipinski definition) is 2. The first-order chi connectivity index (χ1) is 9.00. The number of urea groups is 1. The molecule has 1 saturated heterocycles. The molecule has 19 heavy (non-hydrogen) atoms. The standard InChI is InChI=1S/C13H22N2O4/c1-13(6-2-8-19-13)9-14-12(18)15(10-3-4-10)7-5-11(16)17/h10H,2-9H2,1H3,(H,14,18)(H,16,17). The predicted molar refractivity (Wildman–Crippen MR) is 69.0 cm³/mol. The fraction of sp³-hybridized carbons (Fsp3) is 0.846. The molecular formula is C13H22N2O4. The fourth-order valence-corrected chi connectivity index (χ4v) is 2.39. The summed E-state index contributed by atoms with van der Waals surface area (Å²) in [6.45, 7) is 3.52. The van der Waals surface area contributed by atoms with Crippen LogP contribution in [-0.2, 0) is 9.53 Å². The van der Waals surface area contributed by atoms with Crippen LogP contribution < -0.4 is 5.32 Å². The van der Waals surface area contributed by atoms with Crippen LogP contribution >= 0.6 is 0 Å². The van der Waals surface area contributed by atoms with E-state index in [2.05, 4.69) is 5.32 Å². The zero-order valence-electron chi connectivity index (χ0n) is 11.4. The molecule has 0 aromatic heterocycles. The summed E-state index contributed by atoms with van der Waals surface area (Å²) in [5.74, 6) is -0.871. The number of carboxylic acid groups (broad SMARTS) is 1. The van der Waals surface area contributed by atoms with Gasteiger partial charge in [0.15, 0.2) is 0 Å². The smallest absolute Gasteiger partial charge is 0.317 e. The van der Waals surface area contributed by atoms with Crippen molar-refractivity contribution in [2.75, 3.05) is 19.7 Å². The Bertz CT molecular complexity index is 349. The van der Waals surface area contributed by atoms with Gasteiger partial charge in [-0.3, -0.25) is 4.79 Å². The Morgan fingerprint density at radius 1 is 1.47 bits per heavy atom. The first-order valence-corrected chi connectivity index (χ1v) is 6.90. The Morgan fingerprint density at radius 2 is 2.21 bits per heavy atom. The van der Waals surface area contributed by atoms with Gasteiger partial charge in [-0.15, -0.1) is 0 Å². The van der Waals surface area contributed by atoms with E-state index in [-0.39, 0.29) is 30.6 Å². The van der Waals surface area contributed by atoms with Gasteiger partial charge in [0.05, 0.1) is 12.0 Å². The molecule has 108 valence electrons. The minimum absolute atomic E-state index is 0.00229.